The molecule has 0 saturated carbocycles. The van der Waals surface area contributed by atoms with E-state index >= 15 is 0 Å². The number of hydrogen-bond donors (Lipinski definition) is 2. The summed E-state index contributed by atoms with van der Waals surface area (Å²) in [4.78, 5) is 12.3. The third-order valence-corrected chi connectivity index (χ3v) is 4.62. The van der Waals surface area contributed by atoms with Gasteiger partial charge in [0.25, 0.3) is 0 Å². The quantitative estimate of drug-likeness (QED) is 0.755. The van der Waals surface area contributed by atoms with Crippen LogP contribution < -0.4 is 5.73 Å². The predicted molar refractivity (Wildman–Crippen MR) is 99.1 cm³/mol. The van der Waals surface area contributed by atoms with Crippen molar-refractivity contribution >= 4 is 0 Å². The molecule has 0 atom stereocenters. The summed E-state index contributed by atoms with van der Waals surface area (Å²) in [5, 5.41) is 0. The Morgan fingerprint density at radius 3 is 2.42 bits per heavy atom. The van der Waals surface area contributed by atoms with Gasteiger partial charge in [-0.15, -0.1) is 0 Å². The van der Waals surface area contributed by atoms with Crippen LogP contribution in [0.2, 0.25) is 0 Å². The number of nitrogens with two attached hydrogens (primary N) is 1. The first-order valence-electron chi connectivity index (χ1n) is 8.67. The van der Waals surface area contributed by atoms with Crippen molar-refractivity contribution < 1.29 is 9.47 Å². The van der Waals surface area contributed by atoms with Crippen molar-refractivity contribution in [1.29, 1.82) is 0 Å². The average molecular weight is 350 g/mol. The summed E-state index contributed by atoms with van der Waals surface area (Å²) in [6.07, 6.45) is 3.02. The third-order valence-electron chi connectivity index (χ3n) is 4.62. The maximum Gasteiger partial charge on any atom is 0.217 e. The van der Waals surface area contributed by atoms with Gasteiger partial charge in [-0.25, -0.2) is 4.98 Å². The minimum atomic E-state index is -0.521. The number of aromatic nitrogens is 3. The van der Waals surface area contributed by atoms with E-state index < -0.39 is 6.29 Å². The summed E-state index contributed by atoms with van der Waals surface area (Å²) in [6.45, 7) is 3.67. The molecule has 1 fully saturated rings. The Labute approximate surface area is 152 Å². The van der Waals surface area contributed by atoms with Crippen LogP contribution in [0.3, 0.4) is 0 Å². The molecule has 4 rings (SSSR count). The number of nitrogens with zero attached hydrogens (tertiary/aromatic N) is 2. The summed E-state index contributed by atoms with van der Waals surface area (Å²) in [5.41, 5.74) is 9.50. The van der Waals surface area contributed by atoms with Gasteiger partial charge in [-0.3, -0.25) is 4.98 Å². The molecule has 1 saturated heterocycles. The number of benzene rings is 1. The standard InChI is InChI=1S/C20H22N4O2/c1-20(11-21)12-25-19(26-13-20)18-23-16(14-5-3-2-4-6-14)17(24-18)15-7-9-22-10-8-15/h2-10,19H,11-13,21H2,1H3,(H,23,24). The normalized spacial score (nSPS) is 23.1. The molecule has 3 N–H and O–H groups in total. The lowest BCUT2D eigenvalue weighted by atomic mass is 9.93. The topological polar surface area (TPSA) is 86.0 Å². The number of H-pyrrole nitrogens is 1. The largest absolute Gasteiger partial charge is 0.345 e. The molecule has 6 heteroatoms. The molecule has 0 radical (unpaired) electrons. The van der Waals surface area contributed by atoms with Crippen LogP contribution in [0.25, 0.3) is 22.5 Å². The van der Waals surface area contributed by atoms with Gasteiger partial charge in [-0.2, -0.15) is 0 Å². The second-order valence-corrected chi connectivity index (χ2v) is 6.92. The van der Waals surface area contributed by atoms with Gasteiger partial charge in [-0.1, -0.05) is 37.3 Å². The van der Waals surface area contributed by atoms with E-state index in [2.05, 4.69) is 16.9 Å². The van der Waals surface area contributed by atoms with Gasteiger partial charge in [-0.05, 0) is 12.1 Å². The molecule has 0 spiro atoms. The Hall–Kier alpha value is -2.54. The fourth-order valence-corrected chi connectivity index (χ4v) is 2.95. The Bertz CT molecular complexity index is 799. The van der Waals surface area contributed by atoms with Crippen LogP contribution >= 0.6 is 0 Å². The first-order valence-corrected chi connectivity index (χ1v) is 8.67. The molecule has 3 aromatic rings. The summed E-state index contributed by atoms with van der Waals surface area (Å²) < 4.78 is 11.8. The van der Waals surface area contributed by atoms with E-state index in [1.165, 1.54) is 0 Å². The average Bonchev–Trinajstić information content (AvgIpc) is 3.15. The van der Waals surface area contributed by atoms with Crippen molar-refractivity contribution in [3.8, 4) is 22.5 Å². The number of imidazole rings is 1. The highest BCUT2D eigenvalue weighted by atomic mass is 16.7. The zero-order valence-corrected chi connectivity index (χ0v) is 14.7. The van der Waals surface area contributed by atoms with Crippen molar-refractivity contribution in [1.82, 2.24) is 15.0 Å². The monoisotopic (exact) mass is 350 g/mol. The van der Waals surface area contributed by atoms with E-state index in [4.69, 9.17) is 20.2 Å². The van der Waals surface area contributed by atoms with Crippen molar-refractivity contribution in [3.05, 3.63) is 60.7 Å². The SMILES string of the molecule is CC1(CN)COC(c2nc(-c3ccccc3)c(-c3ccncc3)[nH]2)OC1. The van der Waals surface area contributed by atoms with Gasteiger partial charge in [0.2, 0.25) is 6.29 Å². The van der Waals surface area contributed by atoms with Gasteiger partial charge < -0.3 is 20.2 Å². The van der Waals surface area contributed by atoms with Crippen LogP contribution in [0, 0.1) is 5.41 Å². The second-order valence-electron chi connectivity index (χ2n) is 6.92. The molecule has 0 bridgehead atoms. The van der Waals surface area contributed by atoms with E-state index in [9.17, 15) is 0 Å². The van der Waals surface area contributed by atoms with Crippen LogP contribution in [0.5, 0.6) is 0 Å². The molecule has 6 nitrogen and oxygen atoms in total. The second kappa shape index (κ2) is 6.99. The van der Waals surface area contributed by atoms with Crippen LogP contribution in [-0.2, 0) is 9.47 Å². The lowest BCUT2D eigenvalue weighted by molar-refractivity contribution is -0.231. The molecule has 134 valence electrons. The molecule has 0 unspecified atom stereocenters. The molecule has 2 aromatic heterocycles. The Morgan fingerprint density at radius 1 is 1.08 bits per heavy atom. The minimum absolute atomic E-state index is 0.153. The first kappa shape index (κ1) is 16.9. The summed E-state index contributed by atoms with van der Waals surface area (Å²) in [5.74, 6) is 0.662. The molecular formula is C20H22N4O2. The van der Waals surface area contributed by atoms with Crippen LogP contribution in [0.1, 0.15) is 19.0 Å². The summed E-state index contributed by atoms with van der Waals surface area (Å²) in [7, 11) is 0. The highest BCUT2D eigenvalue weighted by Gasteiger charge is 2.34. The first-order chi connectivity index (χ1) is 12.7. The van der Waals surface area contributed by atoms with Gasteiger partial charge in [0.1, 0.15) is 0 Å². The number of hydrogen-bond acceptors (Lipinski definition) is 5. The van der Waals surface area contributed by atoms with E-state index in [0.717, 1.165) is 22.5 Å². The molecule has 3 heterocycles. The maximum absolute atomic E-state index is 5.90. The summed E-state index contributed by atoms with van der Waals surface area (Å²) >= 11 is 0. The molecule has 26 heavy (non-hydrogen) atoms. The minimum Gasteiger partial charge on any atom is -0.345 e. The number of aromatic amines is 1. The third kappa shape index (κ3) is 3.26. The Kier molecular flexibility index (Phi) is 4.55. The lowest BCUT2D eigenvalue weighted by Gasteiger charge is -2.35. The molecule has 1 aliphatic heterocycles. The van der Waals surface area contributed by atoms with E-state index in [-0.39, 0.29) is 5.41 Å². The molecule has 1 aliphatic rings. The van der Waals surface area contributed by atoms with Gasteiger partial charge >= 0.3 is 0 Å². The zero-order chi connectivity index (χ0) is 18.0. The van der Waals surface area contributed by atoms with Crippen molar-refractivity contribution in [2.24, 2.45) is 11.1 Å². The molecule has 1 aromatic carbocycles. The number of ether oxygens (including phenoxy) is 2. The predicted octanol–water partition coefficient (Wildman–Crippen LogP) is 3.15. The highest BCUT2D eigenvalue weighted by Crippen LogP contribution is 2.35. The highest BCUT2D eigenvalue weighted by molar-refractivity contribution is 5.78. The van der Waals surface area contributed by atoms with Crippen molar-refractivity contribution in [2.75, 3.05) is 19.8 Å². The fraction of sp³-hybridized carbons (Fsp3) is 0.300. The van der Waals surface area contributed by atoms with Crippen molar-refractivity contribution in [3.63, 3.8) is 0 Å². The fourth-order valence-electron chi connectivity index (χ4n) is 2.95. The Morgan fingerprint density at radius 2 is 1.77 bits per heavy atom. The van der Waals surface area contributed by atoms with Gasteiger partial charge in [0.15, 0.2) is 5.82 Å². The van der Waals surface area contributed by atoms with Crippen LogP contribution in [0.15, 0.2) is 54.9 Å². The van der Waals surface area contributed by atoms with Crippen LogP contribution in [-0.4, -0.2) is 34.7 Å². The van der Waals surface area contributed by atoms with Crippen LogP contribution in [0.4, 0.5) is 0 Å². The number of pyridine rings is 1. The molecular weight excluding hydrogens is 328 g/mol. The number of nitrogens with one attached hydrogen (secondary N) is 1. The summed E-state index contributed by atoms with van der Waals surface area (Å²) in [6, 6.07) is 14.0. The maximum atomic E-state index is 5.90. The lowest BCUT2D eigenvalue weighted by Crippen LogP contribution is -2.42. The number of rotatable bonds is 4. The van der Waals surface area contributed by atoms with Gasteiger partial charge in [0, 0.05) is 35.5 Å². The van der Waals surface area contributed by atoms with E-state index in [0.29, 0.717) is 25.6 Å². The molecule has 0 amide bonds. The van der Waals surface area contributed by atoms with E-state index in [1.54, 1.807) is 12.4 Å². The van der Waals surface area contributed by atoms with Gasteiger partial charge in [0.05, 0.1) is 24.6 Å². The smallest absolute Gasteiger partial charge is 0.217 e. The van der Waals surface area contributed by atoms with Crippen molar-refractivity contribution in [2.45, 2.75) is 13.2 Å². The van der Waals surface area contributed by atoms with E-state index in [1.807, 2.05) is 42.5 Å². The zero-order valence-electron chi connectivity index (χ0n) is 14.7. The Balaban J connectivity index is 1.71. The molecule has 0 aliphatic carbocycles.